The van der Waals surface area contributed by atoms with Crippen LogP contribution in [0.3, 0.4) is 0 Å². The molecule has 3 rings (SSSR count). The van der Waals surface area contributed by atoms with Crippen molar-refractivity contribution in [2.24, 2.45) is 0 Å². The van der Waals surface area contributed by atoms with E-state index in [1.807, 2.05) is 39.1 Å². The van der Waals surface area contributed by atoms with Crippen LogP contribution in [0.4, 0.5) is 0 Å². The highest BCUT2D eigenvalue weighted by Gasteiger charge is 2.17. The summed E-state index contributed by atoms with van der Waals surface area (Å²) in [6.07, 6.45) is 0. The van der Waals surface area contributed by atoms with Crippen LogP contribution < -0.4 is 4.90 Å². The monoisotopic (exact) mass is 366 g/mol. The quantitative estimate of drug-likeness (QED) is 0.750. The van der Waals surface area contributed by atoms with Gasteiger partial charge in [-0.3, -0.25) is 0 Å². The molecule has 24 heavy (non-hydrogen) atoms. The van der Waals surface area contributed by atoms with Gasteiger partial charge in [0.25, 0.3) is 11.8 Å². The van der Waals surface area contributed by atoms with Gasteiger partial charge in [-0.1, -0.05) is 29.3 Å². The highest BCUT2D eigenvalue weighted by Crippen LogP contribution is 2.25. The Morgan fingerprint density at radius 1 is 1.04 bits per heavy atom. The first kappa shape index (κ1) is 17.0. The van der Waals surface area contributed by atoms with Gasteiger partial charge in [0, 0.05) is 10.6 Å². The van der Waals surface area contributed by atoms with Gasteiger partial charge in [-0.05, 0) is 32.0 Å². The third kappa shape index (κ3) is 3.80. The van der Waals surface area contributed by atoms with Crippen LogP contribution in [0, 0.1) is 13.8 Å². The van der Waals surface area contributed by atoms with E-state index >= 15 is 0 Å². The minimum atomic E-state index is 0.483. The van der Waals surface area contributed by atoms with E-state index in [0.717, 1.165) is 29.2 Å². The van der Waals surface area contributed by atoms with E-state index < -0.39 is 0 Å². The van der Waals surface area contributed by atoms with E-state index in [4.69, 9.17) is 32.0 Å². The Bertz CT molecular complexity index is 857. The second-order valence-electron chi connectivity index (χ2n) is 5.87. The van der Waals surface area contributed by atoms with E-state index in [1.165, 1.54) is 4.90 Å². The van der Waals surface area contributed by atoms with Crippen LogP contribution in [0.2, 0.25) is 10.0 Å². The van der Waals surface area contributed by atoms with Crippen LogP contribution in [0.5, 0.6) is 0 Å². The smallest absolute Gasteiger partial charge is 0.271 e. The third-order valence-electron chi connectivity index (χ3n) is 3.70. The molecular formula is C17H18Cl2N3O2+. The van der Waals surface area contributed by atoms with Crippen molar-refractivity contribution in [3.05, 3.63) is 57.3 Å². The molecule has 3 aromatic rings. The molecule has 0 aliphatic carbocycles. The number of halogens is 2. The predicted octanol–water partition coefficient (Wildman–Crippen LogP) is 3.47. The molecule has 1 aromatic carbocycles. The molecule has 126 valence electrons. The fourth-order valence-corrected chi connectivity index (χ4v) is 3.06. The summed E-state index contributed by atoms with van der Waals surface area (Å²) >= 11 is 12.1. The summed E-state index contributed by atoms with van der Waals surface area (Å²) in [5.41, 5.74) is 1.87. The molecular weight excluding hydrogens is 349 g/mol. The molecule has 0 saturated heterocycles. The number of hydrogen-bond acceptors (Lipinski definition) is 4. The van der Waals surface area contributed by atoms with Crippen LogP contribution in [0.15, 0.2) is 33.1 Å². The first-order chi connectivity index (χ1) is 11.4. The first-order valence-electron chi connectivity index (χ1n) is 7.57. The van der Waals surface area contributed by atoms with Crippen molar-refractivity contribution in [1.82, 2.24) is 10.2 Å². The van der Waals surface area contributed by atoms with Gasteiger partial charge in [-0.15, -0.1) is 10.2 Å². The number of rotatable bonds is 5. The highest BCUT2D eigenvalue weighted by atomic mass is 35.5. The maximum absolute atomic E-state index is 6.22. The Morgan fingerprint density at radius 3 is 2.50 bits per heavy atom. The lowest BCUT2D eigenvalue weighted by atomic mass is 10.2. The molecule has 1 atom stereocenters. The lowest BCUT2D eigenvalue weighted by molar-refractivity contribution is -0.909. The fraction of sp³-hybridized carbons (Fsp3) is 0.294. The summed E-state index contributed by atoms with van der Waals surface area (Å²) in [6.45, 7) is 5.10. The Morgan fingerprint density at radius 2 is 1.83 bits per heavy atom. The standard InChI is InChI=1S/C17H17Cl2N3O2/c1-10-6-14(11(2)23-10)17-21-20-16(24-17)9-22(3)8-12-4-5-13(18)7-15(12)19/h4-7H,8-9H2,1-3H3/p+1. The molecule has 0 saturated carbocycles. The van der Waals surface area contributed by atoms with Gasteiger partial charge in [0.2, 0.25) is 0 Å². The number of furan rings is 1. The van der Waals surface area contributed by atoms with Gasteiger partial charge >= 0.3 is 0 Å². The molecule has 0 spiro atoms. The SMILES string of the molecule is Cc1cc(-c2nnc(C[NH+](C)Cc3ccc(Cl)cc3Cl)o2)c(C)o1. The summed E-state index contributed by atoms with van der Waals surface area (Å²) in [6, 6.07) is 7.42. The Labute approximate surface area is 150 Å². The minimum absolute atomic E-state index is 0.483. The third-order valence-corrected chi connectivity index (χ3v) is 4.29. The minimum Gasteiger partial charge on any atom is -0.466 e. The summed E-state index contributed by atoms with van der Waals surface area (Å²) in [7, 11) is 2.04. The summed E-state index contributed by atoms with van der Waals surface area (Å²) in [4.78, 5) is 1.18. The molecule has 7 heteroatoms. The number of benzene rings is 1. The van der Waals surface area contributed by atoms with Crippen molar-refractivity contribution >= 4 is 23.2 Å². The molecule has 2 heterocycles. The highest BCUT2D eigenvalue weighted by molar-refractivity contribution is 6.35. The first-order valence-corrected chi connectivity index (χ1v) is 8.33. The molecule has 0 aliphatic rings. The zero-order valence-corrected chi connectivity index (χ0v) is 15.2. The predicted molar refractivity (Wildman–Crippen MR) is 92.2 cm³/mol. The van der Waals surface area contributed by atoms with Gasteiger partial charge in [0.05, 0.1) is 17.6 Å². The molecule has 1 N–H and O–H groups in total. The number of hydrogen-bond donors (Lipinski definition) is 1. The zero-order chi connectivity index (χ0) is 17.3. The maximum Gasteiger partial charge on any atom is 0.271 e. The van der Waals surface area contributed by atoms with E-state index in [2.05, 4.69) is 10.2 Å². The molecule has 0 fully saturated rings. The van der Waals surface area contributed by atoms with E-state index in [9.17, 15) is 0 Å². The van der Waals surface area contributed by atoms with Gasteiger partial charge < -0.3 is 13.7 Å². The van der Waals surface area contributed by atoms with Crippen LogP contribution in [-0.2, 0) is 13.1 Å². The van der Waals surface area contributed by atoms with Crippen molar-refractivity contribution in [1.29, 1.82) is 0 Å². The summed E-state index contributed by atoms with van der Waals surface area (Å²) in [5, 5.41) is 9.54. The van der Waals surface area contributed by atoms with Crippen LogP contribution in [0.25, 0.3) is 11.5 Å². The molecule has 0 bridgehead atoms. The Balaban J connectivity index is 1.69. The normalized spacial score (nSPS) is 12.5. The molecule has 5 nitrogen and oxygen atoms in total. The van der Waals surface area contributed by atoms with Crippen molar-refractivity contribution in [2.75, 3.05) is 7.05 Å². The van der Waals surface area contributed by atoms with E-state index in [-0.39, 0.29) is 0 Å². The molecule has 0 aliphatic heterocycles. The van der Waals surface area contributed by atoms with Crippen molar-refractivity contribution in [3.8, 4) is 11.5 Å². The lowest BCUT2D eigenvalue weighted by Crippen LogP contribution is -3.06. The number of nitrogens with zero attached hydrogens (tertiary/aromatic N) is 2. The van der Waals surface area contributed by atoms with E-state index in [1.54, 1.807) is 6.07 Å². The second-order valence-corrected chi connectivity index (χ2v) is 6.72. The number of nitrogens with one attached hydrogen (secondary N) is 1. The van der Waals surface area contributed by atoms with Gasteiger partial charge in [-0.2, -0.15) is 0 Å². The number of aromatic nitrogens is 2. The lowest BCUT2D eigenvalue weighted by Gasteiger charge is -2.12. The van der Waals surface area contributed by atoms with Crippen molar-refractivity contribution < 1.29 is 13.7 Å². The largest absolute Gasteiger partial charge is 0.466 e. The second kappa shape index (κ2) is 6.97. The summed E-state index contributed by atoms with van der Waals surface area (Å²) < 4.78 is 11.3. The molecule has 0 amide bonds. The Kier molecular flexibility index (Phi) is 4.94. The molecule has 1 unspecified atom stereocenters. The van der Waals surface area contributed by atoms with Gasteiger partial charge in [-0.25, -0.2) is 0 Å². The Hall–Kier alpha value is -1.82. The van der Waals surface area contributed by atoms with Crippen LogP contribution in [0.1, 0.15) is 23.0 Å². The average molecular weight is 367 g/mol. The zero-order valence-electron chi connectivity index (χ0n) is 13.7. The topological polar surface area (TPSA) is 56.5 Å². The van der Waals surface area contributed by atoms with Crippen LogP contribution in [-0.4, -0.2) is 17.2 Å². The molecule has 2 aromatic heterocycles. The van der Waals surface area contributed by atoms with Gasteiger partial charge in [0.15, 0.2) is 6.54 Å². The van der Waals surface area contributed by atoms with Crippen molar-refractivity contribution in [3.63, 3.8) is 0 Å². The fourth-order valence-electron chi connectivity index (χ4n) is 2.59. The summed E-state index contributed by atoms with van der Waals surface area (Å²) in [5.74, 6) is 2.65. The number of aryl methyl sites for hydroxylation is 2. The van der Waals surface area contributed by atoms with Crippen molar-refractivity contribution in [2.45, 2.75) is 26.9 Å². The average Bonchev–Trinajstić information content (AvgIpc) is 3.08. The number of quaternary nitrogens is 1. The van der Waals surface area contributed by atoms with Gasteiger partial charge in [0.1, 0.15) is 18.1 Å². The maximum atomic E-state index is 6.22. The molecule has 0 radical (unpaired) electrons. The van der Waals surface area contributed by atoms with Crippen LogP contribution >= 0.6 is 23.2 Å². The van der Waals surface area contributed by atoms with E-state index in [0.29, 0.717) is 28.4 Å².